The van der Waals surface area contributed by atoms with Crippen molar-refractivity contribution < 1.29 is 0 Å². The number of hydrogen-bond acceptors (Lipinski definition) is 4. The fourth-order valence-corrected chi connectivity index (χ4v) is 1.44. The van der Waals surface area contributed by atoms with Gasteiger partial charge in [0, 0.05) is 11.6 Å². The summed E-state index contributed by atoms with van der Waals surface area (Å²) in [7, 11) is 1.75. The number of nitrogens with one attached hydrogen (secondary N) is 1. The van der Waals surface area contributed by atoms with Crippen LogP contribution in [-0.4, -0.2) is 20.2 Å². The predicted octanol–water partition coefficient (Wildman–Crippen LogP) is 1.15. The molecular formula is C10H12ClN5. The van der Waals surface area contributed by atoms with Crippen LogP contribution in [0.2, 0.25) is 5.02 Å². The second-order valence-electron chi connectivity index (χ2n) is 3.43. The van der Waals surface area contributed by atoms with Crippen molar-refractivity contribution in [2.75, 3.05) is 0 Å². The molecule has 5 nitrogen and oxygen atoms in total. The van der Waals surface area contributed by atoms with Gasteiger partial charge in [0.15, 0.2) is 5.82 Å². The van der Waals surface area contributed by atoms with E-state index in [1.807, 2.05) is 24.3 Å². The fraction of sp³-hybridized carbons (Fsp3) is 0.300. The summed E-state index contributed by atoms with van der Waals surface area (Å²) >= 11 is 5.79. The van der Waals surface area contributed by atoms with Gasteiger partial charge in [-0.15, -0.1) is 10.2 Å². The van der Waals surface area contributed by atoms with Crippen LogP contribution < -0.4 is 5.32 Å². The second-order valence-corrected chi connectivity index (χ2v) is 3.86. The van der Waals surface area contributed by atoms with Gasteiger partial charge in [0.2, 0.25) is 0 Å². The maximum absolute atomic E-state index is 5.79. The summed E-state index contributed by atoms with van der Waals surface area (Å²) in [5.74, 6) is 0.691. The van der Waals surface area contributed by atoms with Crippen LogP contribution in [0.3, 0.4) is 0 Å². The van der Waals surface area contributed by atoms with Gasteiger partial charge >= 0.3 is 0 Å². The van der Waals surface area contributed by atoms with E-state index in [-0.39, 0.29) is 0 Å². The third kappa shape index (κ3) is 3.01. The molecule has 16 heavy (non-hydrogen) atoms. The van der Waals surface area contributed by atoms with Crippen molar-refractivity contribution in [3.63, 3.8) is 0 Å². The first-order chi connectivity index (χ1) is 7.74. The van der Waals surface area contributed by atoms with Crippen molar-refractivity contribution in [2.45, 2.75) is 13.1 Å². The van der Waals surface area contributed by atoms with Crippen molar-refractivity contribution >= 4 is 11.6 Å². The zero-order valence-electron chi connectivity index (χ0n) is 8.89. The lowest BCUT2D eigenvalue weighted by atomic mass is 10.2. The van der Waals surface area contributed by atoms with E-state index in [4.69, 9.17) is 11.6 Å². The molecule has 0 radical (unpaired) electrons. The Kier molecular flexibility index (Phi) is 3.48. The zero-order chi connectivity index (χ0) is 11.4. The van der Waals surface area contributed by atoms with E-state index in [9.17, 15) is 0 Å². The molecule has 2 rings (SSSR count). The minimum Gasteiger partial charge on any atom is -0.306 e. The average molecular weight is 238 g/mol. The van der Waals surface area contributed by atoms with Crippen molar-refractivity contribution in [1.82, 2.24) is 25.5 Å². The van der Waals surface area contributed by atoms with Gasteiger partial charge < -0.3 is 5.32 Å². The number of benzene rings is 1. The summed E-state index contributed by atoms with van der Waals surface area (Å²) in [6, 6.07) is 7.72. The summed E-state index contributed by atoms with van der Waals surface area (Å²) < 4.78 is 0. The lowest BCUT2D eigenvalue weighted by Gasteiger charge is -2.01. The van der Waals surface area contributed by atoms with E-state index in [1.165, 1.54) is 10.4 Å². The van der Waals surface area contributed by atoms with Gasteiger partial charge in [-0.3, -0.25) is 0 Å². The molecular weight excluding hydrogens is 226 g/mol. The first-order valence-electron chi connectivity index (χ1n) is 4.92. The number of tetrazole rings is 1. The fourth-order valence-electron chi connectivity index (χ4n) is 1.32. The molecule has 0 spiro atoms. The van der Waals surface area contributed by atoms with Gasteiger partial charge in [-0.2, -0.15) is 4.80 Å². The Morgan fingerprint density at radius 1 is 1.25 bits per heavy atom. The predicted molar refractivity (Wildman–Crippen MR) is 60.8 cm³/mol. The van der Waals surface area contributed by atoms with Crippen molar-refractivity contribution in [3.05, 3.63) is 40.7 Å². The van der Waals surface area contributed by atoms with Crippen LogP contribution in [0.4, 0.5) is 0 Å². The smallest absolute Gasteiger partial charge is 0.188 e. The quantitative estimate of drug-likeness (QED) is 0.867. The number of halogens is 1. The third-order valence-electron chi connectivity index (χ3n) is 2.08. The summed E-state index contributed by atoms with van der Waals surface area (Å²) in [4.78, 5) is 1.44. The number of hydrogen-bond donors (Lipinski definition) is 1. The summed E-state index contributed by atoms with van der Waals surface area (Å²) in [5.41, 5.74) is 1.17. The van der Waals surface area contributed by atoms with E-state index in [0.717, 1.165) is 11.6 Å². The number of nitrogens with zero attached hydrogens (tertiary/aromatic N) is 4. The Morgan fingerprint density at radius 2 is 2.00 bits per heavy atom. The molecule has 0 amide bonds. The molecule has 1 aromatic carbocycles. The van der Waals surface area contributed by atoms with E-state index < -0.39 is 0 Å². The van der Waals surface area contributed by atoms with Crippen LogP contribution in [0.15, 0.2) is 24.3 Å². The van der Waals surface area contributed by atoms with Crippen LogP contribution in [-0.2, 0) is 20.1 Å². The molecule has 0 aliphatic heterocycles. The lowest BCUT2D eigenvalue weighted by molar-refractivity contribution is 0.619. The zero-order valence-corrected chi connectivity index (χ0v) is 9.65. The van der Waals surface area contributed by atoms with E-state index in [0.29, 0.717) is 12.4 Å². The van der Waals surface area contributed by atoms with Gasteiger partial charge in [-0.05, 0) is 22.9 Å². The van der Waals surface area contributed by atoms with Crippen molar-refractivity contribution in [2.24, 2.45) is 7.05 Å². The van der Waals surface area contributed by atoms with Gasteiger partial charge in [-0.25, -0.2) is 0 Å². The minimum absolute atomic E-state index is 0.608. The Morgan fingerprint density at radius 3 is 2.62 bits per heavy atom. The first-order valence-corrected chi connectivity index (χ1v) is 5.30. The van der Waals surface area contributed by atoms with Crippen LogP contribution in [0, 0.1) is 0 Å². The van der Waals surface area contributed by atoms with E-state index >= 15 is 0 Å². The van der Waals surface area contributed by atoms with Gasteiger partial charge in [0.05, 0.1) is 13.6 Å². The highest BCUT2D eigenvalue weighted by Gasteiger charge is 1.99. The normalized spacial score (nSPS) is 10.6. The molecule has 0 atom stereocenters. The molecule has 0 aliphatic carbocycles. The molecule has 0 saturated carbocycles. The molecule has 6 heteroatoms. The highest BCUT2D eigenvalue weighted by atomic mass is 35.5. The monoisotopic (exact) mass is 237 g/mol. The SMILES string of the molecule is Cn1nnc(CNCc2ccc(Cl)cc2)n1. The maximum atomic E-state index is 5.79. The number of aryl methyl sites for hydroxylation is 1. The molecule has 0 aliphatic rings. The third-order valence-corrected chi connectivity index (χ3v) is 2.33. The van der Waals surface area contributed by atoms with Crippen LogP contribution >= 0.6 is 11.6 Å². The van der Waals surface area contributed by atoms with Gasteiger partial charge in [0.25, 0.3) is 0 Å². The molecule has 0 fully saturated rings. The molecule has 84 valence electrons. The molecule has 0 unspecified atom stereocenters. The van der Waals surface area contributed by atoms with E-state index in [1.54, 1.807) is 7.05 Å². The van der Waals surface area contributed by atoms with Crippen molar-refractivity contribution in [1.29, 1.82) is 0 Å². The van der Waals surface area contributed by atoms with Crippen LogP contribution in [0.25, 0.3) is 0 Å². The highest BCUT2D eigenvalue weighted by molar-refractivity contribution is 6.30. The van der Waals surface area contributed by atoms with Crippen molar-refractivity contribution in [3.8, 4) is 0 Å². The summed E-state index contributed by atoms with van der Waals surface area (Å²) in [6.45, 7) is 1.37. The Hall–Kier alpha value is -1.46. The topological polar surface area (TPSA) is 55.6 Å². The first kappa shape index (κ1) is 11.0. The van der Waals surface area contributed by atoms with Crippen LogP contribution in [0.1, 0.15) is 11.4 Å². The standard InChI is InChI=1S/C10H12ClN5/c1-16-14-10(13-15-16)7-12-6-8-2-4-9(11)5-3-8/h2-5,12H,6-7H2,1H3. The lowest BCUT2D eigenvalue weighted by Crippen LogP contribution is -2.13. The van der Waals surface area contributed by atoms with E-state index in [2.05, 4.69) is 20.7 Å². The molecule has 1 N–H and O–H groups in total. The van der Waals surface area contributed by atoms with Gasteiger partial charge in [0.1, 0.15) is 0 Å². The molecule has 1 heterocycles. The Bertz CT molecular complexity index is 450. The Labute approximate surface area is 98.4 Å². The second kappa shape index (κ2) is 5.05. The molecule has 2 aromatic rings. The molecule has 0 saturated heterocycles. The molecule has 0 bridgehead atoms. The Balaban J connectivity index is 1.82. The minimum atomic E-state index is 0.608. The summed E-state index contributed by atoms with van der Waals surface area (Å²) in [6.07, 6.45) is 0. The maximum Gasteiger partial charge on any atom is 0.188 e. The van der Waals surface area contributed by atoms with Gasteiger partial charge in [-0.1, -0.05) is 23.7 Å². The number of aromatic nitrogens is 4. The summed E-state index contributed by atoms with van der Waals surface area (Å²) in [5, 5.41) is 15.7. The largest absolute Gasteiger partial charge is 0.306 e. The average Bonchev–Trinajstić information content (AvgIpc) is 2.67. The highest BCUT2D eigenvalue weighted by Crippen LogP contribution is 2.09. The molecule has 1 aromatic heterocycles. The number of rotatable bonds is 4. The van der Waals surface area contributed by atoms with Crippen LogP contribution in [0.5, 0.6) is 0 Å².